The molecule has 1 saturated heterocycles. The lowest BCUT2D eigenvalue weighted by Gasteiger charge is -2.24. The Morgan fingerprint density at radius 1 is 1.07 bits per heavy atom. The summed E-state index contributed by atoms with van der Waals surface area (Å²) in [5, 5.41) is 4.90. The fourth-order valence-electron chi connectivity index (χ4n) is 5.15. The monoisotopic (exact) mass is 618 g/mol. The first-order chi connectivity index (χ1) is 20.8. The maximum atomic E-state index is 14.3. The van der Waals surface area contributed by atoms with E-state index in [2.05, 4.69) is 49.2 Å². The molecule has 2 aliphatic rings. The number of aliphatic imine (C=N–C) groups is 1. The van der Waals surface area contributed by atoms with Crippen LogP contribution in [0.5, 0.6) is 0 Å². The Kier molecular flexibility index (Phi) is 11.7. The van der Waals surface area contributed by atoms with Crippen molar-refractivity contribution in [3.05, 3.63) is 86.1 Å². The summed E-state index contributed by atoms with van der Waals surface area (Å²) in [5.41, 5.74) is 5.65. The number of ether oxygens (including phenoxy) is 1. The number of amides is 1. The Labute approximate surface area is 264 Å². The largest absolute Gasteiger partial charge is 0.384 e. The van der Waals surface area contributed by atoms with Gasteiger partial charge in [0.05, 0.1) is 28.7 Å². The van der Waals surface area contributed by atoms with E-state index in [1.54, 1.807) is 25.8 Å². The standard InChI is InChI=1S/C34H42N4O3S2/c1-7-25(8-2)14-13-19-38-32(40)31(43-34(38)36-29-22-27(23(4)39)17-18-28(29)35-9-3)33-37(20-21-41-6)30(24(5)42-33)26-15-11-10-12-16-26/h7,10-12,15-18,22,35H,8-9,13-14,19-21H2,1-6H3/b25-7+,33-31-,36-34?. The number of carbonyl (C=O) groups is 2. The van der Waals surface area contributed by atoms with Gasteiger partial charge in [-0.2, -0.15) is 0 Å². The second kappa shape index (κ2) is 15.5. The number of Topliss-reactive ketones (excluding diaryl/α,β-unsaturated/α-hetero) is 1. The zero-order valence-electron chi connectivity index (χ0n) is 26.0. The molecule has 4 rings (SSSR count). The van der Waals surface area contributed by atoms with Crippen molar-refractivity contribution in [1.29, 1.82) is 0 Å². The van der Waals surface area contributed by atoms with Crippen molar-refractivity contribution in [2.24, 2.45) is 4.99 Å². The summed E-state index contributed by atoms with van der Waals surface area (Å²) in [6.07, 6.45) is 4.93. The SMILES string of the molecule is C/C=C(\CC)CCCN1C(=O)/C(=C2/SC(C)=C(c3ccccc3)N2CCOC)SC1=Nc1cc(C(C)=O)ccc1NCC. The molecule has 1 amide bonds. The summed E-state index contributed by atoms with van der Waals surface area (Å²) < 4.78 is 5.48. The average molecular weight is 619 g/mol. The van der Waals surface area contributed by atoms with Crippen molar-refractivity contribution in [2.75, 3.05) is 38.7 Å². The van der Waals surface area contributed by atoms with Crippen LogP contribution < -0.4 is 5.32 Å². The van der Waals surface area contributed by atoms with Gasteiger partial charge in [0.2, 0.25) is 0 Å². The molecular weight excluding hydrogens is 577 g/mol. The molecule has 0 aromatic heterocycles. The molecule has 7 nitrogen and oxygen atoms in total. The summed E-state index contributed by atoms with van der Waals surface area (Å²) in [6, 6.07) is 15.8. The lowest BCUT2D eigenvalue weighted by Crippen LogP contribution is -2.31. The van der Waals surface area contributed by atoms with Crippen LogP contribution in [0.2, 0.25) is 0 Å². The minimum absolute atomic E-state index is 0.0242. The third kappa shape index (κ3) is 7.63. The first-order valence-corrected chi connectivity index (χ1v) is 16.5. The van der Waals surface area contributed by atoms with Gasteiger partial charge in [-0.05, 0) is 82.5 Å². The molecule has 9 heteroatoms. The van der Waals surface area contributed by atoms with Crippen LogP contribution in [0, 0.1) is 0 Å². The number of rotatable bonds is 13. The van der Waals surface area contributed by atoms with Crippen molar-refractivity contribution in [1.82, 2.24) is 9.80 Å². The number of thioether (sulfide) groups is 2. The van der Waals surface area contributed by atoms with E-state index in [-0.39, 0.29) is 11.7 Å². The maximum absolute atomic E-state index is 14.3. The van der Waals surface area contributed by atoms with Gasteiger partial charge in [0.25, 0.3) is 5.91 Å². The third-order valence-electron chi connectivity index (χ3n) is 7.45. The smallest absolute Gasteiger partial charge is 0.269 e. The second-order valence-electron chi connectivity index (χ2n) is 10.3. The molecule has 0 aliphatic carbocycles. The van der Waals surface area contributed by atoms with E-state index >= 15 is 0 Å². The van der Waals surface area contributed by atoms with Crippen LogP contribution in [0.1, 0.15) is 69.8 Å². The quantitative estimate of drug-likeness (QED) is 0.138. The molecule has 1 N–H and O–H groups in total. The normalized spacial score (nSPS) is 18.4. The third-order valence-corrected chi connectivity index (χ3v) is 9.76. The van der Waals surface area contributed by atoms with Gasteiger partial charge in [0, 0.05) is 37.2 Å². The van der Waals surface area contributed by atoms with E-state index in [0.717, 1.165) is 46.1 Å². The molecule has 2 aromatic rings. The minimum atomic E-state index is -0.0398. The highest BCUT2D eigenvalue weighted by Crippen LogP contribution is 2.50. The van der Waals surface area contributed by atoms with Crippen LogP contribution in [0.4, 0.5) is 11.4 Å². The van der Waals surface area contributed by atoms with Crippen molar-refractivity contribution in [2.45, 2.75) is 53.9 Å². The van der Waals surface area contributed by atoms with Crippen LogP contribution in [-0.2, 0) is 9.53 Å². The molecule has 0 radical (unpaired) electrons. The molecule has 2 heterocycles. The van der Waals surface area contributed by atoms with E-state index in [4.69, 9.17) is 9.73 Å². The van der Waals surface area contributed by atoms with E-state index in [1.807, 2.05) is 48.2 Å². The van der Waals surface area contributed by atoms with Gasteiger partial charge in [-0.1, -0.05) is 60.7 Å². The molecule has 2 aromatic carbocycles. The van der Waals surface area contributed by atoms with Gasteiger partial charge in [-0.3, -0.25) is 14.5 Å². The van der Waals surface area contributed by atoms with Gasteiger partial charge >= 0.3 is 0 Å². The lowest BCUT2D eigenvalue weighted by atomic mass is 10.1. The summed E-state index contributed by atoms with van der Waals surface area (Å²) >= 11 is 3.05. The van der Waals surface area contributed by atoms with E-state index < -0.39 is 0 Å². The minimum Gasteiger partial charge on any atom is -0.384 e. The van der Waals surface area contributed by atoms with E-state index in [9.17, 15) is 9.59 Å². The Hall–Kier alpha value is -3.27. The lowest BCUT2D eigenvalue weighted by molar-refractivity contribution is -0.122. The van der Waals surface area contributed by atoms with Gasteiger partial charge in [0.15, 0.2) is 11.0 Å². The fraction of sp³-hybridized carbons (Fsp3) is 0.382. The maximum Gasteiger partial charge on any atom is 0.269 e. The van der Waals surface area contributed by atoms with Gasteiger partial charge in [-0.25, -0.2) is 4.99 Å². The Morgan fingerprint density at radius 3 is 2.49 bits per heavy atom. The zero-order chi connectivity index (χ0) is 30.9. The number of hydrogen-bond acceptors (Lipinski definition) is 8. The van der Waals surface area contributed by atoms with Crippen molar-refractivity contribution in [3.8, 4) is 0 Å². The number of allylic oxidation sites excluding steroid dienone is 3. The zero-order valence-corrected chi connectivity index (χ0v) is 27.7. The number of amidine groups is 1. The van der Waals surface area contributed by atoms with Crippen LogP contribution in [0.15, 0.2) is 80.0 Å². The first-order valence-electron chi connectivity index (χ1n) is 14.9. The fourth-order valence-corrected chi connectivity index (χ4v) is 7.49. The molecule has 0 spiro atoms. The Balaban J connectivity index is 1.79. The molecule has 43 heavy (non-hydrogen) atoms. The summed E-state index contributed by atoms with van der Waals surface area (Å²) in [4.78, 5) is 37.4. The summed E-state index contributed by atoms with van der Waals surface area (Å²) in [7, 11) is 1.70. The molecule has 1 fully saturated rings. The topological polar surface area (TPSA) is 74.2 Å². The Morgan fingerprint density at radius 2 is 1.84 bits per heavy atom. The number of nitrogens with zero attached hydrogens (tertiary/aromatic N) is 3. The predicted octanol–water partition coefficient (Wildman–Crippen LogP) is 8.27. The predicted molar refractivity (Wildman–Crippen MR) is 183 cm³/mol. The van der Waals surface area contributed by atoms with Crippen LogP contribution >= 0.6 is 23.5 Å². The van der Waals surface area contributed by atoms with Crippen LogP contribution in [-0.4, -0.2) is 60.0 Å². The van der Waals surface area contributed by atoms with Crippen LogP contribution in [0.3, 0.4) is 0 Å². The highest BCUT2D eigenvalue weighted by Gasteiger charge is 2.40. The number of carbonyl (C=O) groups excluding carboxylic acids is 2. The molecule has 0 unspecified atom stereocenters. The highest BCUT2D eigenvalue weighted by atomic mass is 32.2. The van der Waals surface area contributed by atoms with Crippen molar-refractivity contribution in [3.63, 3.8) is 0 Å². The number of nitrogens with one attached hydrogen (secondary N) is 1. The number of ketones is 1. The Bertz CT molecular complexity index is 1460. The number of methoxy groups -OCH3 is 1. The van der Waals surface area contributed by atoms with Crippen molar-refractivity contribution >= 4 is 57.5 Å². The first kappa shape index (κ1) is 32.6. The highest BCUT2D eigenvalue weighted by molar-refractivity contribution is 8.19. The summed E-state index contributed by atoms with van der Waals surface area (Å²) in [5.74, 6) is -0.0640. The van der Waals surface area contributed by atoms with E-state index in [0.29, 0.717) is 47.6 Å². The molecule has 228 valence electrons. The molecule has 0 saturated carbocycles. The molecular formula is C34H42N4O3S2. The van der Waals surface area contributed by atoms with E-state index in [1.165, 1.54) is 17.3 Å². The van der Waals surface area contributed by atoms with Gasteiger partial charge in [-0.15, -0.1) is 0 Å². The van der Waals surface area contributed by atoms with Gasteiger partial charge < -0.3 is 15.0 Å². The molecule has 2 aliphatic heterocycles. The second-order valence-corrected chi connectivity index (χ2v) is 12.5. The number of anilines is 1. The molecule has 0 atom stereocenters. The van der Waals surface area contributed by atoms with Crippen LogP contribution in [0.25, 0.3) is 5.70 Å². The number of benzene rings is 2. The van der Waals surface area contributed by atoms with Crippen molar-refractivity contribution < 1.29 is 14.3 Å². The average Bonchev–Trinajstić information content (AvgIpc) is 3.50. The molecule has 0 bridgehead atoms. The number of hydrogen-bond donors (Lipinski definition) is 1. The summed E-state index contributed by atoms with van der Waals surface area (Å²) in [6.45, 7) is 12.3. The van der Waals surface area contributed by atoms with Gasteiger partial charge in [0.1, 0.15) is 4.91 Å².